The molecule has 1 aliphatic rings. The number of H-pyrrole nitrogens is 1. The number of hydrogen-bond acceptors (Lipinski definition) is 3. The van der Waals surface area contributed by atoms with Crippen LogP contribution in [-0.2, 0) is 13.2 Å². The molecule has 1 aliphatic heterocycles. The van der Waals surface area contributed by atoms with Gasteiger partial charge in [-0.2, -0.15) is 10.2 Å². The average molecular weight is 308 g/mol. The van der Waals surface area contributed by atoms with Gasteiger partial charge in [-0.05, 0) is 30.5 Å². The van der Waals surface area contributed by atoms with Crippen molar-refractivity contribution in [1.29, 1.82) is 0 Å². The second-order valence-corrected chi connectivity index (χ2v) is 6.43. The Bertz CT molecular complexity index is 860. The van der Waals surface area contributed by atoms with Gasteiger partial charge >= 0.3 is 0 Å². The van der Waals surface area contributed by atoms with E-state index in [9.17, 15) is 0 Å². The lowest BCUT2D eigenvalue weighted by Gasteiger charge is -2.07. The summed E-state index contributed by atoms with van der Waals surface area (Å²) < 4.78 is 8.02. The average Bonchev–Trinajstić information content (AvgIpc) is 3.11. The molecule has 3 aromatic rings. The van der Waals surface area contributed by atoms with Gasteiger partial charge in [0, 0.05) is 16.8 Å². The minimum Gasteiger partial charge on any atom is -0.487 e. The quantitative estimate of drug-likeness (QED) is 0.786. The molecule has 0 atom stereocenters. The van der Waals surface area contributed by atoms with E-state index in [1.54, 1.807) is 0 Å². The maximum Gasteiger partial charge on any atom is 0.130 e. The molecule has 0 fully saturated rings. The van der Waals surface area contributed by atoms with Crippen molar-refractivity contribution in [2.75, 3.05) is 0 Å². The minimum atomic E-state index is 0.383. The highest BCUT2D eigenvalue weighted by molar-refractivity contribution is 5.62. The maximum atomic E-state index is 5.98. The molecule has 0 radical (unpaired) electrons. The molecule has 5 heteroatoms. The highest BCUT2D eigenvalue weighted by Gasteiger charge is 2.19. The number of rotatable bonds is 2. The lowest BCUT2D eigenvalue weighted by Crippen LogP contribution is -2.04. The van der Waals surface area contributed by atoms with Gasteiger partial charge < -0.3 is 4.74 Å². The zero-order chi connectivity index (χ0) is 16.0. The van der Waals surface area contributed by atoms with Gasteiger partial charge in [-0.15, -0.1) is 0 Å². The number of hydrogen-bond donors (Lipinski definition) is 1. The normalized spacial score (nSPS) is 13.4. The van der Waals surface area contributed by atoms with Crippen LogP contribution in [0.3, 0.4) is 0 Å². The van der Waals surface area contributed by atoms with Crippen molar-refractivity contribution in [2.24, 2.45) is 0 Å². The summed E-state index contributed by atoms with van der Waals surface area (Å²) in [6.45, 7) is 7.66. The first-order valence-corrected chi connectivity index (χ1v) is 7.94. The van der Waals surface area contributed by atoms with E-state index < -0.39 is 0 Å². The Morgan fingerprint density at radius 2 is 2.13 bits per heavy atom. The second-order valence-electron chi connectivity index (χ2n) is 6.43. The van der Waals surface area contributed by atoms with E-state index >= 15 is 0 Å². The van der Waals surface area contributed by atoms with Gasteiger partial charge in [-0.25, -0.2) is 0 Å². The SMILES string of the molecule is Cc1ccc2c(c1)OCc1cc(-c3cn[nH]c3C(C)C)nn1C2. The van der Waals surface area contributed by atoms with Crippen molar-refractivity contribution < 1.29 is 4.74 Å². The summed E-state index contributed by atoms with van der Waals surface area (Å²) >= 11 is 0. The largest absolute Gasteiger partial charge is 0.487 e. The van der Waals surface area contributed by atoms with Gasteiger partial charge in [0.05, 0.1) is 24.1 Å². The Morgan fingerprint density at radius 3 is 2.96 bits per heavy atom. The number of aromatic nitrogens is 4. The number of ether oxygens (including phenoxy) is 1. The molecule has 5 nitrogen and oxygen atoms in total. The third-order valence-corrected chi connectivity index (χ3v) is 4.30. The fourth-order valence-corrected chi connectivity index (χ4v) is 3.02. The number of benzene rings is 1. The fraction of sp³-hybridized carbons (Fsp3) is 0.333. The van der Waals surface area contributed by atoms with Crippen molar-refractivity contribution in [1.82, 2.24) is 20.0 Å². The summed E-state index contributed by atoms with van der Waals surface area (Å²) in [5.41, 5.74) is 6.62. The molecule has 2 aromatic heterocycles. The van der Waals surface area contributed by atoms with Gasteiger partial charge in [-0.3, -0.25) is 9.78 Å². The Kier molecular flexibility index (Phi) is 3.22. The van der Waals surface area contributed by atoms with Crippen molar-refractivity contribution in [3.8, 4) is 17.0 Å². The minimum absolute atomic E-state index is 0.383. The summed E-state index contributed by atoms with van der Waals surface area (Å²) in [5, 5.41) is 12.1. The fourth-order valence-electron chi connectivity index (χ4n) is 3.02. The summed E-state index contributed by atoms with van der Waals surface area (Å²) in [6.07, 6.45) is 1.86. The van der Waals surface area contributed by atoms with E-state index in [0.29, 0.717) is 12.5 Å². The molecular weight excluding hydrogens is 288 g/mol. The van der Waals surface area contributed by atoms with Crippen LogP contribution in [0, 0.1) is 6.92 Å². The predicted molar refractivity (Wildman–Crippen MR) is 88.5 cm³/mol. The number of aryl methyl sites for hydroxylation is 1. The maximum absolute atomic E-state index is 5.98. The highest BCUT2D eigenvalue weighted by Crippen LogP contribution is 2.30. The van der Waals surface area contributed by atoms with E-state index in [0.717, 1.165) is 34.9 Å². The van der Waals surface area contributed by atoms with Crippen molar-refractivity contribution >= 4 is 0 Å². The molecule has 0 saturated heterocycles. The number of nitrogens with one attached hydrogen (secondary N) is 1. The smallest absolute Gasteiger partial charge is 0.130 e. The van der Waals surface area contributed by atoms with Crippen molar-refractivity contribution in [3.05, 3.63) is 53.0 Å². The molecule has 1 N–H and O–H groups in total. The van der Waals surface area contributed by atoms with Gasteiger partial charge in [0.25, 0.3) is 0 Å². The molecule has 0 spiro atoms. The van der Waals surface area contributed by atoms with E-state index in [1.165, 1.54) is 11.1 Å². The first-order chi connectivity index (χ1) is 11.1. The number of nitrogens with zero attached hydrogens (tertiary/aromatic N) is 3. The van der Waals surface area contributed by atoms with Crippen LogP contribution in [-0.4, -0.2) is 20.0 Å². The summed E-state index contributed by atoms with van der Waals surface area (Å²) in [6, 6.07) is 8.44. The van der Waals surface area contributed by atoms with Crippen molar-refractivity contribution in [3.63, 3.8) is 0 Å². The molecule has 118 valence electrons. The van der Waals surface area contributed by atoms with Crippen LogP contribution in [0.2, 0.25) is 0 Å². The molecule has 1 aromatic carbocycles. The van der Waals surface area contributed by atoms with Gasteiger partial charge in [0.2, 0.25) is 0 Å². The van der Waals surface area contributed by atoms with Crippen LogP contribution in [0.5, 0.6) is 5.75 Å². The lowest BCUT2D eigenvalue weighted by atomic mass is 10.0. The predicted octanol–water partition coefficient (Wildman–Crippen LogP) is 3.65. The molecule has 0 saturated carbocycles. The molecule has 0 aliphatic carbocycles. The van der Waals surface area contributed by atoms with Gasteiger partial charge in [0.15, 0.2) is 0 Å². The standard InChI is InChI=1S/C18H20N4O/c1-11(2)18-15(8-19-20-18)16-7-14-10-23-17-6-12(3)4-5-13(17)9-22(14)21-16/h4-8,11H,9-10H2,1-3H3,(H,19,20). The molecule has 0 amide bonds. The summed E-state index contributed by atoms with van der Waals surface area (Å²) in [4.78, 5) is 0. The van der Waals surface area contributed by atoms with Gasteiger partial charge in [0.1, 0.15) is 12.4 Å². The molecule has 0 unspecified atom stereocenters. The molecular formula is C18H20N4O. The zero-order valence-corrected chi connectivity index (χ0v) is 13.6. The van der Waals surface area contributed by atoms with Crippen molar-refractivity contribution in [2.45, 2.75) is 39.8 Å². The zero-order valence-electron chi connectivity index (χ0n) is 13.6. The van der Waals surface area contributed by atoms with Crippen LogP contribution in [0.25, 0.3) is 11.3 Å². The van der Waals surface area contributed by atoms with Crippen LogP contribution in [0.1, 0.15) is 42.3 Å². The monoisotopic (exact) mass is 308 g/mol. The van der Waals surface area contributed by atoms with E-state index in [1.807, 2.05) is 10.9 Å². The first kappa shape index (κ1) is 14.1. The Balaban J connectivity index is 1.73. The molecule has 23 heavy (non-hydrogen) atoms. The summed E-state index contributed by atoms with van der Waals surface area (Å²) in [7, 11) is 0. The number of aromatic amines is 1. The van der Waals surface area contributed by atoms with E-state index in [2.05, 4.69) is 55.2 Å². The third kappa shape index (κ3) is 2.42. The lowest BCUT2D eigenvalue weighted by molar-refractivity contribution is 0.301. The van der Waals surface area contributed by atoms with Crippen LogP contribution in [0.4, 0.5) is 0 Å². The molecule has 0 bridgehead atoms. The highest BCUT2D eigenvalue weighted by atomic mass is 16.5. The number of fused-ring (bicyclic) bond motifs is 2. The first-order valence-electron chi connectivity index (χ1n) is 7.94. The van der Waals surface area contributed by atoms with E-state index in [4.69, 9.17) is 9.84 Å². The van der Waals surface area contributed by atoms with Crippen LogP contribution < -0.4 is 4.74 Å². The van der Waals surface area contributed by atoms with E-state index in [-0.39, 0.29) is 0 Å². The topological polar surface area (TPSA) is 55.7 Å². The Hall–Kier alpha value is -2.56. The second kappa shape index (κ2) is 5.26. The van der Waals surface area contributed by atoms with Gasteiger partial charge in [-0.1, -0.05) is 26.0 Å². The van der Waals surface area contributed by atoms with Crippen LogP contribution in [0.15, 0.2) is 30.5 Å². The Morgan fingerprint density at radius 1 is 1.26 bits per heavy atom. The third-order valence-electron chi connectivity index (χ3n) is 4.30. The molecule has 3 heterocycles. The van der Waals surface area contributed by atoms with Crippen LogP contribution >= 0.6 is 0 Å². The Labute approximate surface area is 135 Å². The molecule has 4 rings (SSSR count). The summed E-state index contributed by atoms with van der Waals surface area (Å²) in [5.74, 6) is 1.34.